The van der Waals surface area contributed by atoms with Crippen molar-refractivity contribution in [2.45, 2.75) is 39.5 Å². The normalized spacial score (nSPS) is 21.5. The van der Waals surface area contributed by atoms with Gasteiger partial charge in [0.15, 0.2) is 0 Å². The molecule has 1 aromatic heterocycles. The van der Waals surface area contributed by atoms with Crippen LogP contribution >= 0.6 is 0 Å². The summed E-state index contributed by atoms with van der Waals surface area (Å²) in [5, 5.41) is 0. The summed E-state index contributed by atoms with van der Waals surface area (Å²) in [5.41, 5.74) is 0.472. The van der Waals surface area contributed by atoms with Crippen molar-refractivity contribution in [3.05, 3.63) is 23.9 Å². The number of esters is 1. The number of piperidine rings is 2. The standard InChI is InChI=1S/C20H29N3O3/c1-3-26-20(25)17-6-7-18(21-13-17)22-11-8-16(9-12-22)19(24)23-10-4-5-15(2)14-23/h6-7,13,15-16H,3-5,8-12,14H2,1-2H3/t15-/m1/s1. The third-order valence-electron chi connectivity index (χ3n) is 5.40. The molecule has 2 fully saturated rings. The van der Waals surface area contributed by atoms with E-state index in [-0.39, 0.29) is 11.9 Å². The number of likely N-dealkylation sites (tertiary alicyclic amines) is 1. The van der Waals surface area contributed by atoms with Gasteiger partial charge in [0.2, 0.25) is 5.91 Å². The Morgan fingerprint density at radius 2 is 1.96 bits per heavy atom. The summed E-state index contributed by atoms with van der Waals surface area (Å²) in [5.74, 6) is 1.61. The number of nitrogens with zero attached hydrogens (tertiary/aromatic N) is 3. The molecule has 1 aromatic rings. The van der Waals surface area contributed by atoms with Crippen LogP contribution in [0.3, 0.4) is 0 Å². The van der Waals surface area contributed by atoms with Crippen LogP contribution in [0.2, 0.25) is 0 Å². The predicted molar refractivity (Wildman–Crippen MR) is 100 cm³/mol. The molecular formula is C20H29N3O3. The first-order valence-corrected chi connectivity index (χ1v) is 9.75. The van der Waals surface area contributed by atoms with E-state index in [1.807, 2.05) is 6.07 Å². The molecule has 2 aliphatic rings. The molecule has 2 aliphatic heterocycles. The van der Waals surface area contributed by atoms with E-state index in [0.717, 1.165) is 51.3 Å². The number of hydrogen-bond donors (Lipinski definition) is 0. The Kier molecular flexibility index (Phi) is 6.12. The molecule has 0 unspecified atom stereocenters. The molecule has 3 rings (SSSR count). The van der Waals surface area contributed by atoms with Gasteiger partial charge < -0.3 is 14.5 Å². The summed E-state index contributed by atoms with van der Waals surface area (Å²) in [4.78, 5) is 33.1. The minimum absolute atomic E-state index is 0.135. The van der Waals surface area contributed by atoms with Crippen LogP contribution in [-0.4, -0.2) is 54.5 Å². The first kappa shape index (κ1) is 18.7. The number of carbonyl (C=O) groups is 2. The Balaban J connectivity index is 1.53. The average Bonchev–Trinajstić information content (AvgIpc) is 2.68. The number of aromatic nitrogens is 1. The van der Waals surface area contributed by atoms with E-state index in [1.165, 1.54) is 6.42 Å². The maximum atomic E-state index is 12.8. The minimum atomic E-state index is -0.341. The number of amides is 1. The molecule has 6 nitrogen and oxygen atoms in total. The lowest BCUT2D eigenvalue weighted by Gasteiger charge is -2.37. The highest BCUT2D eigenvalue weighted by atomic mass is 16.5. The fourth-order valence-electron chi connectivity index (χ4n) is 3.91. The molecule has 26 heavy (non-hydrogen) atoms. The second kappa shape index (κ2) is 8.52. The molecule has 2 saturated heterocycles. The number of anilines is 1. The smallest absolute Gasteiger partial charge is 0.339 e. The summed E-state index contributed by atoms with van der Waals surface area (Å²) in [6.07, 6.45) is 5.66. The summed E-state index contributed by atoms with van der Waals surface area (Å²) < 4.78 is 4.98. The van der Waals surface area contributed by atoms with Gasteiger partial charge in [0.1, 0.15) is 5.82 Å². The summed E-state index contributed by atoms with van der Waals surface area (Å²) in [6.45, 7) is 7.86. The van der Waals surface area contributed by atoms with Crippen molar-refractivity contribution >= 4 is 17.7 Å². The molecule has 1 atom stereocenters. The molecule has 0 spiro atoms. The van der Waals surface area contributed by atoms with Gasteiger partial charge in [-0.15, -0.1) is 0 Å². The molecule has 0 radical (unpaired) electrons. The zero-order valence-corrected chi connectivity index (χ0v) is 15.8. The van der Waals surface area contributed by atoms with Gasteiger partial charge in [-0.2, -0.15) is 0 Å². The second-order valence-corrected chi connectivity index (χ2v) is 7.42. The van der Waals surface area contributed by atoms with Crippen LogP contribution in [0, 0.1) is 11.8 Å². The minimum Gasteiger partial charge on any atom is -0.462 e. The van der Waals surface area contributed by atoms with Gasteiger partial charge in [-0.1, -0.05) is 6.92 Å². The topological polar surface area (TPSA) is 62.7 Å². The van der Waals surface area contributed by atoms with Crippen molar-refractivity contribution in [1.29, 1.82) is 0 Å². The highest BCUT2D eigenvalue weighted by molar-refractivity contribution is 5.89. The number of hydrogen-bond acceptors (Lipinski definition) is 5. The molecule has 1 amide bonds. The summed E-state index contributed by atoms with van der Waals surface area (Å²) in [7, 11) is 0. The van der Waals surface area contributed by atoms with Crippen molar-refractivity contribution in [2.75, 3.05) is 37.7 Å². The van der Waals surface area contributed by atoms with Crippen molar-refractivity contribution in [2.24, 2.45) is 11.8 Å². The second-order valence-electron chi connectivity index (χ2n) is 7.42. The van der Waals surface area contributed by atoms with E-state index in [4.69, 9.17) is 4.74 Å². The Morgan fingerprint density at radius 3 is 2.58 bits per heavy atom. The van der Waals surface area contributed by atoms with Crippen molar-refractivity contribution in [3.63, 3.8) is 0 Å². The van der Waals surface area contributed by atoms with E-state index >= 15 is 0 Å². The van der Waals surface area contributed by atoms with Crippen molar-refractivity contribution in [3.8, 4) is 0 Å². The van der Waals surface area contributed by atoms with Crippen LogP contribution in [-0.2, 0) is 9.53 Å². The van der Waals surface area contributed by atoms with E-state index < -0.39 is 0 Å². The van der Waals surface area contributed by atoms with Crippen LogP contribution < -0.4 is 4.90 Å². The molecule has 3 heterocycles. The average molecular weight is 359 g/mol. The molecule has 0 N–H and O–H groups in total. The van der Waals surface area contributed by atoms with Gasteiger partial charge in [0.25, 0.3) is 0 Å². The van der Waals surface area contributed by atoms with E-state index in [1.54, 1.807) is 19.2 Å². The summed E-state index contributed by atoms with van der Waals surface area (Å²) >= 11 is 0. The molecule has 6 heteroatoms. The monoisotopic (exact) mass is 359 g/mol. The molecule has 0 saturated carbocycles. The van der Waals surface area contributed by atoms with Gasteiger partial charge in [-0.25, -0.2) is 9.78 Å². The lowest BCUT2D eigenvalue weighted by atomic mass is 9.93. The van der Waals surface area contributed by atoms with Crippen molar-refractivity contribution < 1.29 is 14.3 Å². The predicted octanol–water partition coefficient (Wildman–Crippen LogP) is 2.73. The fraction of sp³-hybridized carbons (Fsp3) is 0.650. The number of ether oxygens (including phenoxy) is 1. The van der Waals surface area contributed by atoms with E-state index in [9.17, 15) is 9.59 Å². The van der Waals surface area contributed by atoms with E-state index in [0.29, 0.717) is 24.0 Å². The quantitative estimate of drug-likeness (QED) is 0.774. The Hall–Kier alpha value is -2.11. The van der Waals surface area contributed by atoms with Gasteiger partial charge in [0.05, 0.1) is 12.2 Å². The molecule has 142 valence electrons. The van der Waals surface area contributed by atoms with Gasteiger partial charge in [-0.3, -0.25) is 4.79 Å². The third kappa shape index (κ3) is 4.34. The number of pyridine rings is 1. The van der Waals surface area contributed by atoms with Gasteiger partial charge in [-0.05, 0) is 50.7 Å². The van der Waals surface area contributed by atoms with Gasteiger partial charge in [0, 0.05) is 38.3 Å². The highest BCUT2D eigenvalue weighted by Gasteiger charge is 2.30. The number of rotatable bonds is 4. The highest BCUT2D eigenvalue weighted by Crippen LogP contribution is 2.25. The molecule has 0 bridgehead atoms. The maximum Gasteiger partial charge on any atom is 0.339 e. The zero-order chi connectivity index (χ0) is 18.5. The Labute approximate surface area is 155 Å². The maximum absolute atomic E-state index is 12.8. The van der Waals surface area contributed by atoms with E-state index in [2.05, 4.69) is 21.7 Å². The zero-order valence-electron chi connectivity index (χ0n) is 15.8. The lowest BCUT2D eigenvalue weighted by molar-refractivity contribution is -0.137. The Morgan fingerprint density at radius 1 is 1.19 bits per heavy atom. The fourth-order valence-corrected chi connectivity index (χ4v) is 3.91. The van der Waals surface area contributed by atoms with Crippen LogP contribution in [0.5, 0.6) is 0 Å². The molecular weight excluding hydrogens is 330 g/mol. The van der Waals surface area contributed by atoms with Crippen LogP contribution in [0.15, 0.2) is 18.3 Å². The summed E-state index contributed by atoms with van der Waals surface area (Å²) in [6, 6.07) is 3.62. The van der Waals surface area contributed by atoms with Crippen LogP contribution in [0.4, 0.5) is 5.82 Å². The molecule has 0 aliphatic carbocycles. The number of carbonyl (C=O) groups excluding carboxylic acids is 2. The largest absolute Gasteiger partial charge is 0.462 e. The van der Waals surface area contributed by atoms with Gasteiger partial charge >= 0.3 is 5.97 Å². The lowest BCUT2D eigenvalue weighted by Crippen LogP contribution is -2.46. The SMILES string of the molecule is CCOC(=O)c1ccc(N2CCC(C(=O)N3CCC[C@@H](C)C3)CC2)nc1. The van der Waals surface area contributed by atoms with Crippen LogP contribution in [0.1, 0.15) is 49.9 Å². The third-order valence-corrected chi connectivity index (χ3v) is 5.40. The van der Waals surface area contributed by atoms with Crippen molar-refractivity contribution in [1.82, 2.24) is 9.88 Å². The Bertz CT molecular complexity index is 624. The molecule has 0 aromatic carbocycles. The van der Waals surface area contributed by atoms with Crippen LogP contribution in [0.25, 0.3) is 0 Å². The first-order valence-electron chi connectivity index (χ1n) is 9.75. The first-order chi connectivity index (χ1) is 12.6.